The van der Waals surface area contributed by atoms with Gasteiger partial charge in [-0.3, -0.25) is 4.79 Å². The van der Waals surface area contributed by atoms with Gasteiger partial charge in [-0.25, -0.2) is 0 Å². The zero-order valence-electron chi connectivity index (χ0n) is 13.1. The molecule has 20 heavy (non-hydrogen) atoms. The molecule has 1 aromatic carbocycles. The van der Waals surface area contributed by atoms with Crippen LogP contribution in [0.15, 0.2) is 18.2 Å². The number of rotatable bonds is 8. The van der Waals surface area contributed by atoms with Crippen LogP contribution in [-0.2, 0) is 0 Å². The molecule has 0 amide bonds. The number of benzene rings is 1. The van der Waals surface area contributed by atoms with E-state index in [-0.39, 0.29) is 5.78 Å². The summed E-state index contributed by atoms with van der Waals surface area (Å²) in [4.78, 5) is 12.5. The predicted octanol–water partition coefficient (Wildman–Crippen LogP) is 3.05. The van der Waals surface area contributed by atoms with E-state index in [1.54, 1.807) is 18.2 Å². The molecule has 1 aromatic rings. The Labute approximate surface area is 121 Å². The average Bonchev–Trinajstić information content (AvgIpc) is 2.40. The van der Waals surface area contributed by atoms with Crippen molar-refractivity contribution in [3.63, 3.8) is 0 Å². The van der Waals surface area contributed by atoms with E-state index in [1.807, 2.05) is 34.6 Å². The van der Waals surface area contributed by atoms with E-state index >= 15 is 0 Å². The van der Waals surface area contributed by atoms with Crippen molar-refractivity contribution < 1.29 is 14.3 Å². The van der Waals surface area contributed by atoms with Gasteiger partial charge in [0, 0.05) is 5.56 Å². The van der Waals surface area contributed by atoms with Gasteiger partial charge in [-0.15, -0.1) is 0 Å². The van der Waals surface area contributed by atoms with Crippen LogP contribution < -0.4 is 14.8 Å². The van der Waals surface area contributed by atoms with Gasteiger partial charge >= 0.3 is 0 Å². The second-order valence-corrected chi connectivity index (χ2v) is 5.01. The first-order valence-corrected chi connectivity index (χ1v) is 7.15. The van der Waals surface area contributed by atoms with Gasteiger partial charge in [0.25, 0.3) is 0 Å². The van der Waals surface area contributed by atoms with Crippen molar-refractivity contribution in [1.82, 2.24) is 5.32 Å². The fraction of sp³-hybridized carbons (Fsp3) is 0.562. The van der Waals surface area contributed by atoms with Crippen LogP contribution in [0.5, 0.6) is 11.5 Å². The number of Topliss-reactive ketones (excluding diaryl/α,β-unsaturated/α-hetero) is 1. The first-order chi connectivity index (χ1) is 9.46. The van der Waals surface area contributed by atoms with Crippen LogP contribution in [0.3, 0.4) is 0 Å². The summed E-state index contributed by atoms with van der Waals surface area (Å²) in [7, 11) is 0. The molecule has 0 heterocycles. The maximum absolute atomic E-state index is 12.5. The molecular weight excluding hydrogens is 254 g/mol. The molecular formula is C16H25NO3. The van der Waals surface area contributed by atoms with Crippen molar-refractivity contribution in [2.75, 3.05) is 19.8 Å². The standard InChI is InChI=1S/C16H25NO3/c1-6-17-16(4,5)15(18)12-9-10-13(19-7-2)14(11-12)20-8-3/h9-11,17H,6-8H2,1-5H3. The highest BCUT2D eigenvalue weighted by Crippen LogP contribution is 2.29. The van der Waals surface area contributed by atoms with Crippen LogP contribution in [0, 0.1) is 0 Å². The van der Waals surface area contributed by atoms with E-state index in [0.29, 0.717) is 30.3 Å². The molecule has 1 N–H and O–H groups in total. The number of carbonyl (C=O) groups is 1. The second kappa shape index (κ2) is 7.29. The Morgan fingerprint density at radius 2 is 1.70 bits per heavy atom. The summed E-state index contributed by atoms with van der Waals surface area (Å²) in [6.07, 6.45) is 0. The van der Waals surface area contributed by atoms with Crippen LogP contribution in [0.1, 0.15) is 45.0 Å². The Balaban J connectivity index is 3.07. The van der Waals surface area contributed by atoms with Crippen LogP contribution >= 0.6 is 0 Å². The molecule has 0 fully saturated rings. The molecule has 0 aliphatic rings. The quantitative estimate of drug-likeness (QED) is 0.743. The summed E-state index contributed by atoms with van der Waals surface area (Å²) < 4.78 is 11.1. The average molecular weight is 279 g/mol. The SMILES string of the molecule is CCNC(C)(C)C(=O)c1ccc(OCC)c(OCC)c1. The highest BCUT2D eigenvalue weighted by atomic mass is 16.5. The number of ketones is 1. The minimum absolute atomic E-state index is 0.0448. The third-order valence-corrected chi connectivity index (χ3v) is 2.99. The van der Waals surface area contributed by atoms with Gasteiger partial charge in [0.1, 0.15) is 0 Å². The first kappa shape index (κ1) is 16.5. The van der Waals surface area contributed by atoms with E-state index in [9.17, 15) is 4.79 Å². The minimum Gasteiger partial charge on any atom is -0.490 e. The van der Waals surface area contributed by atoms with Crippen molar-refractivity contribution in [2.24, 2.45) is 0 Å². The molecule has 0 aliphatic heterocycles. The summed E-state index contributed by atoms with van der Waals surface area (Å²) in [5.41, 5.74) is 0.0357. The van der Waals surface area contributed by atoms with Gasteiger partial charge in [-0.1, -0.05) is 6.92 Å². The van der Waals surface area contributed by atoms with Crippen molar-refractivity contribution in [3.05, 3.63) is 23.8 Å². The molecule has 0 radical (unpaired) electrons. The third kappa shape index (κ3) is 3.97. The summed E-state index contributed by atoms with van der Waals surface area (Å²) >= 11 is 0. The van der Waals surface area contributed by atoms with Gasteiger partial charge in [0.2, 0.25) is 0 Å². The highest BCUT2D eigenvalue weighted by Gasteiger charge is 2.28. The van der Waals surface area contributed by atoms with Gasteiger partial charge in [-0.05, 0) is 52.4 Å². The van der Waals surface area contributed by atoms with Crippen LogP contribution in [0.25, 0.3) is 0 Å². The van der Waals surface area contributed by atoms with Crippen molar-refractivity contribution in [3.8, 4) is 11.5 Å². The van der Waals surface area contributed by atoms with Crippen LogP contribution in [-0.4, -0.2) is 31.1 Å². The summed E-state index contributed by atoms with van der Waals surface area (Å²) in [5, 5.41) is 3.19. The topological polar surface area (TPSA) is 47.6 Å². The lowest BCUT2D eigenvalue weighted by molar-refractivity contribution is 0.0883. The molecule has 0 aliphatic carbocycles. The fourth-order valence-electron chi connectivity index (χ4n) is 2.08. The monoisotopic (exact) mass is 279 g/mol. The number of carbonyl (C=O) groups excluding carboxylic acids is 1. The largest absolute Gasteiger partial charge is 0.490 e. The lowest BCUT2D eigenvalue weighted by atomic mass is 9.93. The zero-order valence-corrected chi connectivity index (χ0v) is 13.1. The predicted molar refractivity (Wildman–Crippen MR) is 80.9 cm³/mol. The molecule has 0 bridgehead atoms. The molecule has 0 atom stereocenters. The zero-order chi connectivity index (χ0) is 15.2. The smallest absolute Gasteiger partial charge is 0.182 e. The summed E-state index contributed by atoms with van der Waals surface area (Å²) in [5.74, 6) is 1.34. The van der Waals surface area contributed by atoms with Crippen LogP contribution in [0.2, 0.25) is 0 Å². The van der Waals surface area contributed by atoms with E-state index in [4.69, 9.17) is 9.47 Å². The number of ether oxygens (including phenoxy) is 2. The van der Waals surface area contributed by atoms with E-state index in [2.05, 4.69) is 5.32 Å². The molecule has 4 nitrogen and oxygen atoms in total. The van der Waals surface area contributed by atoms with Crippen molar-refractivity contribution >= 4 is 5.78 Å². The van der Waals surface area contributed by atoms with E-state index < -0.39 is 5.54 Å². The van der Waals surface area contributed by atoms with E-state index in [1.165, 1.54) is 0 Å². The van der Waals surface area contributed by atoms with Gasteiger partial charge < -0.3 is 14.8 Å². The van der Waals surface area contributed by atoms with Crippen molar-refractivity contribution in [2.45, 2.75) is 40.2 Å². The maximum atomic E-state index is 12.5. The Morgan fingerprint density at radius 1 is 1.10 bits per heavy atom. The summed E-state index contributed by atoms with van der Waals surface area (Å²) in [6, 6.07) is 5.34. The number of hydrogen-bond acceptors (Lipinski definition) is 4. The van der Waals surface area contributed by atoms with E-state index in [0.717, 1.165) is 6.54 Å². The number of likely N-dealkylation sites (N-methyl/N-ethyl adjacent to an activating group) is 1. The molecule has 0 spiro atoms. The van der Waals surface area contributed by atoms with Crippen molar-refractivity contribution in [1.29, 1.82) is 0 Å². The minimum atomic E-state index is -0.592. The van der Waals surface area contributed by atoms with Gasteiger partial charge in [-0.2, -0.15) is 0 Å². The highest BCUT2D eigenvalue weighted by molar-refractivity contribution is 6.03. The first-order valence-electron chi connectivity index (χ1n) is 7.15. The normalized spacial score (nSPS) is 11.2. The Hall–Kier alpha value is -1.55. The Kier molecular flexibility index (Phi) is 6.02. The fourth-order valence-corrected chi connectivity index (χ4v) is 2.08. The maximum Gasteiger partial charge on any atom is 0.182 e. The molecule has 0 aromatic heterocycles. The third-order valence-electron chi connectivity index (χ3n) is 2.99. The molecule has 0 unspecified atom stereocenters. The molecule has 0 saturated carbocycles. The van der Waals surface area contributed by atoms with Gasteiger partial charge in [0.15, 0.2) is 17.3 Å². The van der Waals surface area contributed by atoms with Crippen LogP contribution in [0.4, 0.5) is 0 Å². The lowest BCUT2D eigenvalue weighted by Gasteiger charge is -2.24. The van der Waals surface area contributed by atoms with Gasteiger partial charge in [0.05, 0.1) is 18.8 Å². The number of hydrogen-bond donors (Lipinski definition) is 1. The Morgan fingerprint density at radius 3 is 2.25 bits per heavy atom. The Bertz CT molecular complexity index is 455. The molecule has 112 valence electrons. The molecule has 1 rings (SSSR count). The second-order valence-electron chi connectivity index (χ2n) is 5.01. The molecule has 0 saturated heterocycles. The molecule has 4 heteroatoms. The number of nitrogens with one attached hydrogen (secondary N) is 1. The summed E-state index contributed by atoms with van der Waals surface area (Å²) in [6.45, 7) is 11.4. The lowest BCUT2D eigenvalue weighted by Crippen LogP contribution is -2.46.